The van der Waals surface area contributed by atoms with Crippen LogP contribution in [-0.2, 0) is 17.4 Å². The van der Waals surface area contributed by atoms with Crippen molar-refractivity contribution in [2.45, 2.75) is 25.1 Å². The Morgan fingerprint density at radius 2 is 2.00 bits per heavy atom. The molecule has 1 aliphatic heterocycles. The minimum atomic E-state index is -4.34. The molecule has 0 aromatic heterocycles. The molecular formula is C14H17F3N2O. The average Bonchev–Trinajstić information content (AvgIpc) is 2.87. The van der Waals surface area contributed by atoms with Crippen molar-refractivity contribution >= 4 is 5.91 Å². The Morgan fingerprint density at radius 1 is 1.35 bits per heavy atom. The summed E-state index contributed by atoms with van der Waals surface area (Å²) in [5.74, 6) is -0.0393. The van der Waals surface area contributed by atoms with Gasteiger partial charge in [-0.2, -0.15) is 13.2 Å². The van der Waals surface area contributed by atoms with E-state index in [1.54, 1.807) is 4.90 Å². The second-order valence-electron chi connectivity index (χ2n) is 4.99. The van der Waals surface area contributed by atoms with Crippen LogP contribution in [0.2, 0.25) is 0 Å². The van der Waals surface area contributed by atoms with Crippen LogP contribution in [-0.4, -0.2) is 37.0 Å². The van der Waals surface area contributed by atoms with E-state index in [1.165, 1.54) is 12.1 Å². The van der Waals surface area contributed by atoms with Gasteiger partial charge in [0, 0.05) is 19.1 Å². The van der Waals surface area contributed by atoms with E-state index >= 15 is 0 Å². The van der Waals surface area contributed by atoms with Crippen LogP contribution in [0.15, 0.2) is 24.3 Å². The predicted molar refractivity (Wildman–Crippen MR) is 69.2 cm³/mol. The molecule has 1 aromatic rings. The van der Waals surface area contributed by atoms with Gasteiger partial charge in [0.1, 0.15) is 0 Å². The SMILES string of the molecule is CNC1CCN(C(=O)Cc2ccc(C(F)(F)F)cc2)C1. The fourth-order valence-electron chi connectivity index (χ4n) is 2.32. The van der Waals surface area contributed by atoms with Crippen molar-refractivity contribution in [1.82, 2.24) is 10.2 Å². The van der Waals surface area contributed by atoms with Gasteiger partial charge in [-0.1, -0.05) is 12.1 Å². The number of rotatable bonds is 3. The lowest BCUT2D eigenvalue weighted by Gasteiger charge is -2.16. The largest absolute Gasteiger partial charge is 0.416 e. The number of likely N-dealkylation sites (N-methyl/N-ethyl adjacent to an activating group) is 1. The maximum absolute atomic E-state index is 12.4. The first kappa shape index (κ1) is 14.8. The first-order valence-electron chi connectivity index (χ1n) is 6.51. The molecule has 1 aliphatic rings. The van der Waals surface area contributed by atoms with Crippen LogP contribution in [0.4, 0.5) is 13.2 Å². The molecule has 1 N–H and O–H groups in total. The number of carbonyl (C=O) groups excluding carboxylic acids is 1. The number of amides is 1. The van der Waals surface area contributed by atoms with E-state index in [4.69, 9.17) is 0 Å². The summed E-state index contributed by atoms with van der Waals surface area (Å²) in [6.45, 7) is 1.36. The lowest BCUT2D eigenvalue weighted by molar-refractivity contribution is -0.137. The fourth-order valence-corrected chi connectivity index (χ4v) is 2.32. The van der Waals surface area contributed by atoms with Crippen molar-refractivity contribution in [3.8, 4) is 0 Å². The summed E-state index contributed by atoms with van der Waals surface area (Å²) in [4.78, 5) is 13.8. The second kappa shape index (κ2) is 5.83. The van der Waals surface area contributed by atoms with Gasteiger partial charge in [0.2, 0.25) is 5.91 Å². The van der Waals surface area contributed by atoms with Gasteiger partial charge in [-0.05, 0) is 31.2 Å². The molecule has 1 atom stereocenters. The average molecular weight is 286 g/mol. The van der Waals surface area contributed by atoms with Crippen molar-refractivity contribution in [2.75, 3.05) is 20.1 Å². The van der Waals surface area contributed by atoms with Crippen molar-refractivity contribution in [2.24, 2.45) is 0 Å². The molecule has 2 rings (SSSR count). The Bertz CT molecular complexity index is 470. The van der Waals surface area contributed by atoms with Crippen molar-refractivity contribution in [1.29, 1.82) is 0 Å². The Balaban J connectivity index is 1.95. The topological polar surface area (TPSA) is 32.3 Å². The zero-order chi connectivity index (χ0) is 14.8. The summed E-state index contributed by atoms with van der Waals surface area (Å²) < 4.78 is 37.3. The molecule has 1 aromatic carbocycles. The summed E-state index contributed by atoms with van der Waals surface area (Å²) in [7, 11) is 1.86. The van der Waals surface area contributed by atoms with Gasteiger partial charge in [0.15, 0.2) is 0 Å². The molecule has 1 unspecified atom stereocenters. The number of halogens is 3. The molecule has 1 fully saturated rings. The molecule has 110 valence electrons. The summed E-state index contributed by atoms with van der Waals surface area (Å²) in [6.07, 6.45) is -3.28. The molecule has 1 amide bonds. The van der Waals surface area contributed by atoms with E-state index in [1.807, 2.05) is 7.05 Å². The van der Waals surface area contributed by atoms with Crippen LogP contribution in [0.25, 0.3) is 0 Å². The van der Waals surface area contributed by atoms with Crippen LogP contribution >= 0.6 is 0 Å². The third-order valence-corrected chi connectivity index (χ3v) is 3.59. The highest BCUT2D eigenvalue weighted by Gasteiger charge is 2.30. The fraction of sp³-hybridized carbons (Fsp3) is 0.500. The van der Waals surface area contributed by atoms with Crippen LogP contribution in [0.1, 0.15) is 17.5 Å². The summed E-state index contributed by atoms with van der Waals surface area (Å²) in [5.41, 5.74) is -0.0824. The van der Waals surface area contributed by atoms with E-state index < -0.39 is 11.7 Å². The Morgan fingerprint density at radius 3 is 2.50 bits per heavy atom. The van der Waals surface area contributed by atoms with Gasteiger partial charge >= 0.3 is 6.18 Å². The van der Waals surface area contributed by atoms with Crippen LogP contribution in [0.3, 0.4) is 0 Å². The smallest absolute Gasteiger partial charge is 0.341 e. The van der Waals surface area contributed by atoms with Crippen LogP contribution in [0, 0.1) is 0 Å². The molecular weight excluding hydrogens is 269 g/mol. The third-order valence-electron chi connectivity index (χ3n) is 3.59. The molecule has 20 heavy (non-hydrogen) atoms. The number of likely N-dealkylation sites (tertiary alicyclic amines) is 1. The zero-order valence-electron chi connectivity index (χ0n) is 11.2. The molecule has 0 spiro atoms. The summed E-state index contributed by atoms with van der Waals surface area (Å²) in [5, 5.41) is 3.12. The minimum Gasteiger partial charge on any atom is -0.341 e. The summed E-state index contributed by atoms with van der Waals surface area (Å²) in [6, 6.07) is 5.08. The Hall–Kier alpha value is -1.56. The quantitative estimate of drug-likeness (QED) is 0.922. The number of nitrogens with zero attached hydrogens (tertiary/aromatic N) is 1. The van der Waals surface area contributed by atoms with E-state index in [0.717, 1.165) is 18.6 Å². The normalized spacial score (nSPS) is 19.4. The van der Waals surface area contributed by atoms with Gasteiger partial charge in [-0.25, -0.2) is 0 Å². The molecule has 0 saturated carbocycles. The molecule has 0 aliphatic carbocycles. The van der Waals surface area contributed by atoms with Crippen molar-refractivity contribution < 1.29 is 18.0 Å². The van der Waals surface area contributed by atoms with Gasteiger partial charge in [0.25, 0.3) is 0 Å². The zero-order valence-corrected chi connectivity index (χ0v) is 11.2. The van der Waals surface area contributed by atoms with E-state index in [0.29, 0.717) is 24.7 Å². The number of alkyl halides is 3. The highest BCUT2D eigenvalue weighted by atomic mass is 19.4. The molecule has 3 nitrogen and oxygen atoms in total. The third kappa shape index (κ3) is 3.50. The van der Waals surface area contributed by atoms with Gasteiger partial charge in [0.05, 0.1) is 12.0 Å². The molecule has 0 radical (unpaired) electrons. The Labute approximate surface area is 115 Å². The van der Waals surface area contributed by atoms with Crippen LogP contribution < -0.4 is 5.32 Å². The molecule has 6 heteroatoms. The molecule has 1 heterocycles. The highest BCUT2D eigenvalue weighted by Crippen LogP contribution is 2.29. The lowest BCUT2D eigenvalue weighted by Crippen LogP contribution is -2.34. The maximum atomic E-state index is 12.4. The Kier molecular flexibility index (Phi) is 4.32. The lowest BCUT2D eigenvalue weighted by atomic mass is 10.1. The van der Waals surface area contributed by atoms with Crippen molar-refractivity contribution in [3.05, 3.63) is 35.4 Å². The monoisotopic (exact) mass is 286 g/mol. The number of nitrogens with one attached hydrogen (secondary N) is 1. The van der Waals surface area contributed by atoms with Gasteiger partial charge < -0.3 is 10.2 Å². The van der Waals surface area contributed by atoms with E-state index in [-0.39, 0.29) is 12.3 Å². The highest BCUT2D eigenvalue weighted by molar-refractivity contribution is 5.79. The summed E-state index contributed by atoms with van der Waals surface area (Å²) >= 11 is 0. The molecule has 0 bridgehead atoms. The first-order valence-corrected chi connectivity index (χ1v) is 6.51. The second-order valence-corrected chi connectivity index (χ2v) is 4.99. The van der Waals surface area contributed by atoms with E-state index in [9.17, 15) is 18.0 Å². The predicted octanol–water partition coefficient (Wildman–Crippen LogP) is 2.07. The standard InChI is InChI=1S/C14H17F3N2O/c1-18-12-6-7-19(9-12)13(20)8-10-2-4-11(5-3-10)14(15,16)17/h2-5,12,18H,6-9H2,1H3. The number of hydrogen-bond acceptors (Lipinski definition) is 2. The minimum absolute atomic E-state index is 0.0393. The van der Waals surface area contributed by atoms with Gasteiger partial charge in [-0.3, -0.25) is 4.79 Å². The van der Waals surface area contributed by atoms with Crippen molar-refractivity contribution in [3.63, 3.8) is 0 Å². The van der Waals surface area contributed by atoms with E-state index in [2.05, 4.69) is 5.32 Å². The number of benzene rings is 1. The first-order chi connectivity index (χ1) is 9.40. The van der Waals surface area contributed by atoms with Gasteiger partial charge in [-0.15, -0.1) is 0 Å². The molecule has 1 saturated heterocycles. The maximum Gasteiger partial charge on any atom is 0.416 e. The number of hydrogen-bond donors (Lipinski definition) is 1. The van der Waals surface area contributed by atoms with Crippen LogP contribution in [0.5, 0.6) is 0 Å². The number of carbonyl (C=O) groups is 1.